The molecular weight excluding hydrogens is 278 g/mol. The summed E-state index contributed by atoms with van der Waals surface area (Å²) in [6.45, 7) is 8.70. The molecule has 0 spiro atoms. The Morgan fingerprint density at radius 1 is 1.27 bits per heavy atom. The molecule has 1 saturated heterocycles. The van der Waals surface area contributed by atoms with Crippen LogP contribution >= 0.6 is 0 Å². The van der Waals surface area contributed by atoms with Crippen molar-refractivity contribution in [1.82, 2.24) is 4.90 Å². The van der Waals surface area contributed by atoms with Crippen LogP contribution in [-0.2, 0) is 11.2 Å². The highest BCUT2D eigenvalue weighted by Crippen LogP contribution is 2.29. The van der Waals surface area contributed by atoms with Crippen molar-refractivity contribution in [3.63, 3.8) is 0 Å². The van der Waals surface area contributed by atoms with Gasteiger partial charge in [-0.05, 0) is 57.2 Å². The normalized spacial score (nSPS) is 21.8. The summed E-state index contributed by atoms with van der Waals surface area (Å²) in [6.07, 6.45) is 1.68. The van der Waals surface area contributed by atoms with Gasteiger partial charge in [-0.2, -0.15) is 0 Å². The summed E-state index contributed by atoms with van der Waals surface area (Å²) in [4.78, 5) is 14.3. The Bertz CT molecular complexity index is 504. The molecule has 0 bridgehead atoms. The standard InChI is InChI=1S/C18H27NO3/c1-13-10-11-19(17(20)22-18(2,3)4)16(13)12-14-6-8-15(21-5)9-7-14/h6-9,13,16H,10-12H2,1-5H3. The molecule has 0 N–H and O–H groups in total. The van der Waals surface area contributed by atoms with E-state index in [2.05, 4.69) is 19.1 Å². The lowest BCUT2D eigenvalue weighted by Gasteiger charge is -2.30. The predicted molar refractivity (Wildman–Crippen MR) is 87.2 cm³/mol. The third kappa shape index (κ3) is 4.15. The lowest BCUT2D eigenvalue weighted by molar-refractivity contribution is 0.0211. The zero-order chi connectivity index (χ0) is 16.3. The fraction of sp³-hybridized carbons (Fsp3) is 0.611. The highest BCUT2D eigenvalue weighted by atomic mass is 16.6. The van der Waals surface area contributed by atoms with Gasteiger partial charge in [0.25, 0.3) is 0 Å². The summed E-state index contributed by atoms with van der Waals surface area (Å²) in [5.74, 6) is 1.34. The third-order valence-corrected chi connectivity index (χ3v) is 4.11. The molecule has 1 aliphatic heterocycles. The molecule has 0 aromatic heterocycles. The summed E-state index contributed by atoms with van der Waals surface area (Å²) in [7, 11) is 1.66. The maximum Gasteiger partial charge on any atom is 0.410 e. The average molecular weight is 305 g/mol. The Balaban J connectivity index is 2.07. The van der Waals surface area contributed by atoms with Gasteiger partial charge in [0.15, 0.2) is 0 Å². The number of amides is 1. The summed E-state index contributed by atoms with van der Waals surface area (Å²) in [5, 5.41) is 0. The highest BCUT2D eigenvalue weighted by molar-refractivity contribution is 5.69. The molecule has 22 heavy (non-hydrogen) atoms. The number of nitrogens with zero attached hydrogens (tertiary/aromatic N) is 1. The van der Waals surface area contributed by atoms with Crippen molar-refractivity contribution in [3.8, 4) is 5.75 Å². The molecule has 1 aromatic rings. The number of hydrogen-bond acceptors (Lipinski definition) is 3. The van der Waals surface area contributed by atoms with Crippen LogP contribution in [0.2, 0.25) is 0 Å². The molecule has 1 heterocycles. The van der Waals surface area contributed by atoms with E-state index in [-0.39, 0.29) is 12.1 Å². The van der Waals surface area contributed by atoms with Crippen LogP contribution in [0.25, 0.3) is 0 Å². The van der Waals surface area contributed by atoms with Crippen LogP contribution in [0.5, 0.6) is 5.75 Å². The topological polar surface area (TPSA) is 38.8 Å². The quantitative estimate of drug-likeness (QED) is 0.850. The number of carbonyl (C=O) groups excluding carboxylic acids is 1. The second-order valence-electron chi connectivity index (χ2n) is 7.06. The van der Waals surface area contributed by atoms with Crippen LogP contribution in [0.15, 0.2) is 24.3 Å². The summed E-state index contributed by atoms with van der Waals surface area (Å²) in [5.41, 5.74) is 0.765. The lowest BCUT2D eigenvalue weighted by atomic mass is 9.96. The van der Waals surface area contributed by atoms with E-state index in [1.54, 1.807) is 7.11 Å². The molecule has 1 amide bonds. The maximum atomic E-state index is 12.4. The van der Waals surface area contributed by atoms with Crippen molar-refractivity contribution in [3.05, 3.63) is 29.8 Å². The second kappa shape index (κ2) is 6.59. The molecule has 0 radical (unpaired) electrons. The van der Waals surface area contributed by atoms with Crippen LogP contribution in [0.3, 0.4) is 0 Å². The monoisotopic (exact) mass is 305 g/mol. The molecule has 1 aromatic carbocycles. The van der Waals surface area contributed by atoms with Crippen LogP contribution in [0.1, 0.15) is 39.7 Å². The molecule has 122 valence electrons. The van der Waals surface area contributed by atoms with Crippen LogP contribution in [0.4, 0.5) is 4.79 Å². The number of hydrogen-bond donors (Lipinski definition) is 0. The largest absolute Gasteiger partial charge is 0.497 e. The van der Waals surface area contributed by atoms with Gasteiger partial charge in [-0.3, -0.25) is 0 Å². The first kappa shape index (κ1) is 16.7. The molecule has 0 aliphatic carbocycles. The van der Waals surface area contributed by atoms with E-state index in [1.807, 2.05) is 37.8 Å². The molecule has 1 fully saturated rings. The number of benzene rings is 1. The van der Waals surface area contributed by atoms with E-state index in [1.165, 1.54) is 5.56 Å². The Morgan fingerprint density at radius 3 is 2.45 bits per heavy atom. The van der Waals surface area contributed by atoms with Crippen molar-refractivity contribution in [1.29, 1.82) is 0 Å². The Hall–Kier alpha value is -1.71. The van der Waals surface area contributed by atoms with Crippen molar-refractivity contribution in [2.24, 2.45) is 5.92 Å². The average Bonchev–Trinajstić information content (AvgIpc) is 2.79. The van der Waals surface area contributed by atoms with Crippen molar-refractivity contribution in [2.45, 2.75) is 52.2 Å². The van der Waals surface area contributed by atoms with Crippen molar-refractivity contribution in [2.75, 3.05) is 13.7 Å². The van der Waals surface area contributed by atoms with Crippen molar-refractivity contribution < 1.29 is 14.3 Å². The second-order valence-corrected chi connectivity index (χ2v) is 7.06. The predicted octanol–water partition coefficient (Wildman–Crippen LogP) is 3.88. The lowest BCUT2D eigenvalue weighted by Crippen LogP contribution is -2.42. The van der Waals surface area contributed by atoms with Gasteiger partial charge in [0.1, 0.15) is 11.4 Å². The van der Waals surface area contributed by atoms with Gasteiger partial charge in [0.2, 0.25) is 0 Å². The SMILES string of the molecule is COc1ccc(CC2C(C)CCN2C(=O)OC(C)(C)C)cc1. The number of likely N-dealkylation sites (tertiary alicyclic amines) is 1. The number of methoxy groups -OCH3 is 1. The molecule has 4 nitrogen and oxygen atoms in total. The van der Waals surface area contributed by atoms with Gasteiger partial charge in [-0.1, -0.05) is 19.1 Å². The zero-order valence-electron chi connectivity index (χ0n) is 14.3. The minimum atomic E-state index is -0.451. The number of ether oxygens (including phenoxy) is 2. The van der Waals surface area contributed by atoms with E-state index in [0.717, 1.165) is 25.1 Å². The van der Waals surface area contributed by atoms with E-state index >= 15 is 0 Å². The molecule has 2 unspecified atom stereocenters. The van der Waals surface area contributed by atoms with Gasteiger partial charge in [-0.15, -0.1) is 0 Å². The van der Waals surface area contributed by atoms with Crippen molar-refractivity contribution >= 4 is 6.09 Å². The summed E-state index contributed by atoms with van der Waals surface area (Å²) < 4.78 is 10.7. The molecule has 2 rings (SSSR count). The van der Waals surface area contributed by atoms with Crippen LogP contribution in [-0.4, -0.2) is 36.3 Å². The first-order valence-electron chi connectivity index (χ1n) is 7.92. The minimum Gasteiger partial charge on any atom is -0.497 e. The summed E-state index contributed by atoms with van der Waals surface area (Å²) >= 11 is 0. The number of rotatable bonds is 3. The van der Waals surface area contributed by atoms with Gasteiger partial charge in [-0.25, -0.2) is 4.79 Å². The van der Waals surface area contributed by atoms with Gasteiger partial charge >= 0.3 is 6.09 Å². The maximum absolute atomic E-state index is 12.4. The minimum absolute atomic E-state index is 0.197. The third-order valence-electron chi connectivity index (χ3n) is 4.11. The Labute approximate surface area is 133 Å². The molecule has 0 saturated carbocycles. The number of carbonyl (C=O) groups is 1. The van der Waals surface area contributed by atoms with Crippen LogP contribution < -0.4 is 4.74 Å². The fourth-order valence-electron chi connectivity index (χ4n) is 2.87. The van der Waals surface area contributed by atoms with E-state index in [9.17, 15) is 4.79 Å². The Kier molecular flexibility index (Phi) is 4.99. The molecule has 2 atom stereocenters. The first-order valence-corrected chi connectivity index (χ1v) is 7.92. The molecule has 4 heteroatoms. The van der Waals surface area contributed by atoms with E-state index < -0.39 is 5.60 Å². The Morgan fingerprint density at radius 2 is 1.91 bits per heavy atom. The van der Waals surface area contributed by atoms with E-state index in [0.29, 0.717) is 5.92 Å². The smallest absolute Gasteiger partial charge is 0.410 e. The fourth-order valence-corrected chi connectivity index (χ4v) is 2.87. The first-order chi connectivity index (χ1) is 10.3. The van der Waals surface area contributed by atoms with E-state index in [4.69, 9.17) is 9.47 Å². The van der Waals surface area contributed by atoms with Crippen LogP contribution in [0, 0.1) is 5.92 Å². The van der Waals surface area contributed by atoms with Gasteiger partial charge < -0.3 is 14.4 Å². The van der Waals surface area contributed by atoms with Gasteiger partial charge in [0.05, 0.1) is 7.11 Å². The zero-order valence-corrected chi connectivity index (χ0v) is 14.3. The molecule has 1 aliphatic rings. The van der Waals surface area contributed by atoms with Gasteiger partial charge in [0, 0.05) is 12.6 Å². The summed E-state index contributed by atoms with van der Waals surface area (Å²) in [6, 6.07) is 8.26. The highest BCUT2D eigenvalue weighted by Gasteiger charge is 2.36. The molecular formula is C18H27NO3.